The number of benzene rings is 4. The average molecular weight is 459 g/mol. The number of hydrogen-bond acceptors (Lipinski definition) is 3. The predicted molar refractivity (Wildman–Crippen MR) is 144 cm³/mol. The lowest BCUT2D eigenvalue weighted by atomic mass is 9.92. The number of nitrogens with zero attached hydrogens (tertiary/aromatic N) is 2. The van der Waals surface area contributed by atoms with Gasteiger partial charge in [-0.2, -0.15) is 0 Å². The Morgan fingerprint density at radius 2 is 0.800 bits per heavy atom. The molecule has 3 heteroatoms. The van der Waals surface area contributed by atoms with Crippen LogP contribution < -0.4 is 0 Å². The van der Waals surface area contributed by atoms with Gasteiger partial charge in [0.25, 0.3) is 0 Å². The van der Waals surface area contributed by atoms with Crippen LogP contribution in [0.5, 0.6) is 0 Å². The van der Waals surface area contributed by atoms with Gasteiger partial charge in [0.05, 0.1) is 0 Å². The molecule has 0 saturated heterocycles. The zero-order valence-electron chi connectivity index (χ0n) is 20.7. The molecule has 174 valence electrons. The molecule has 0 N–H and O–H groups in total. The molecule has 1 heterocycles. The van der Waals surface area contributed by atoms with E-state index in [0.29, 0.717) is 23.6 Å². The highest BCUT2D eigenvalue weighted by Gasteiger charge is 2.13. The highest BCUT2D eigenvalue weighted by Crippen LogP contribution is 2.33. The molecule has 0 aliphatic carbocycles. The van der Waals surface area contributed by atoms with E-state index >= 15 is 0 Å². The minimum Gasteiger partial charge on any atom is -0.416 e. The summed E-state index contributed by atoms with van der Waals surface area (Å²) in [7, 11) is 0. The Hall–Kier alpha value is -3.98. The molecule has 1 aromatic heterocycles. The van der Waals surface area contributed by atoms with E-state index in [9.17, 15) is 0 Å². The Bertz CT molecular complexity index is 1320. The van der Waals surface area contributed by atoms with Crippen LogP contribution in [0.2, 0.25) is 0 Å². The van der Waals surface area contributed by atoms with Gasteiger partial charge >= 0.3 is 0 Å². The van der Waals surface area contributed by atoms with Crippen molar-refractivity contribution in [2.24, 2.45) is 0 Å². The van der Waals surface area contributed by atoms with Gasteiger partial charge in [-0.05, 0) is 69.5 Å². The second-order valence-electron chi connectivity index (χ2n) is 9.55. The van der Waals surface area contributed by atoms with E-state index < -0.39 is 0 Å². The molecule has 0 aliphatic heterocycles. The molecule has 0 saturated carbocycles. The SMILES string of the molecule is CC(C)c1ccccc1-c1ccc(-c2nnc(-c3ccc(-c4ccccc4C(C)C)cc3)o2)cc1. The first-order valence-corrected chi connectivity index (χ1v) is 12.2. The van der Waals surface area contributed by atoms with Crippen LogP contribution in [0, 0.1) is 0 Å². The summed E-state index contributed by atoms with van der Waals surface area (Å²) in [6.45, 7) is 8.90. The Kier molecular flexibility index (Phi) is 6.33. The van der Waals surface area contributed by atoms with Crippen LogP contribution in [0.4, 0.5) is 0 Å². The first-order valence-electron chi connectivity index (χ1n) is 12.2. The number of aromatic nitrogens is 2. The zero-order valence-corrected chi connectivity index (χ0v) is 20.7. The predicted octanol–water partition coefficient (Wildman–Crippen LogP) is 8.98. The Morgan fingerprint density at radius 3 is 1.17 bits per heavy atom. The third-order valence-electron chi connectivity index (χ3n) is 6.48. The summed E-state index contributed by atoms with van der Waals surface area (Å²) in [5.74, 6) is 1.99. The molecular weight excluding hydrogens is 428 g/mol. The summed E-state index contributed by atoms with van der Waals surface area (Å²) >= 11 is 0. The molecule has 0 fully saturated rings. The standard InChI is InChI=1S/C32H30N2O/c1-21(2)27-9-5-7-11-29(27)23-13-17-25(18-14-23)31-33-34-32(35-31)26-19-15-24(16-20-26)30-12-8-6-10-28(30)22(3)4/h5-22H,1-4H3. The fraction of sp³-hybridized carbons (Fsp3) is 0.188. The van der Waals surface area contributed by atoms with Crippen molar-refractivity contribution in [3.63, 3.8) is 0 Å². The van der Waals surface area contributed by atoms with E-state index in [1.54, 1.807) is 0 Å². The van der Waals surface area contributed by atoms with Gasteiger partial charge in [0.1, 0.15) is 0 Å². The Labute approximate surface area is 207 Å². The highest BCUT2D eigenvalue weighted by molar-refractivity contribution is 5.72. The van der Waals surface area contributed by atoms with Crippen molar-refractivity contribution < 1.29 is 4.42 Å². The highest BCUT2D eigenvalue weighted by atomic mass is 16.4. The summed E-state index contributed by atoms with van der Waals surface area (Å²) in [5.41, 5.74) is 9.43. The van der Waals surface area contributed by atoms with Crippen molar-refractivity contribution in [1.29, 1.82) is 0 Å². The van der Waals surface area contributed by atoms with Crippen molar-refractivity contribution in [1.82, 2.24) is 10.2 Å². The summed E-state index contributed by atoms with van der Waals surface area (Å²) in [4.78, 5) is 0. The van der Waals surface area contributed by atoms with Crippen LogP contribution in [0.25, 0.3) is 45.2 Å². The molecular formula is C32H30N2O. The topological polar surface area (TPSA) is 38.9 Å². The molecule has 3 nitrogen and oxygen atoms in total. The molecule has 5 rings (SSSR count). The quantitative estimate of drug-likeness (QED) is 0.255. The first kappa shape index (κ1) is 22.8. The van der Waals surface area contributed by atoms with Crippen LogP contribution >= 0.6 is 0 Å². The van der Waals surface area contributed by atoms with E-state index in [0.717, 1.165) is 11.1 Å². The van der Waals surface area contributed by atoms with E-state index in [2.05, 4.69) is 135 Å². The van der Waals surface area contributed by atoms with Crippen molar-refractivity contribution in [3.8, 4) is 45.2 Å². The minimum absolute atomic E-state index is 0.467. The first-order chi connectivity index (χ1) is 17.0. The van der Waals surface area contributed by atoms with Crippen LogP contribution in [0.15, 0.2) is 101 Å². The minimum atomic E-state index is 0.467. The molecule has 0 spiro atoms. The molecule has 0 radical (unpaired) electrons. The molecule has 0 amide bonds. The van der Waals surface area contributed by atoms with Crippen LogP contribution in [-0.2, 0) is 0 Å². The average Bonchev–Trinajstić information content (AvgIpc) is 3.39. The van der Waals surface area contributed by atoms with Gasteiger partial charge < -0.3 is 4.42 Å². The van der Waals surface area contributed by atoms with Gasteiger partial charge in [0, 0.05) is 11.1 Å². The van der Waals surface area contributed by atoms with Crippen LogP contribution in [-0.4, -0.2) is 10.2 Å². The van der Waals surface area contributed by atoms with Crippen molar-refractivity contribution in [2.75, 3.05) is 0 Å². The summed E-state index contributed by atoms with van der Waals surface area (Å²) in [5, 5.41) is 8.62. The molecule has 5 aromatic rings. The largest absolute Gasteiger partial charge is 0.416 e. The summed E-state index contributed by atoms with van der Waals surface area (Å²) in [6, 6.07) is 33.8. The molecule has 0 atom stereocenters. The monoisotopic (exact) mass is 458 g/mol. The van der Waals surface area contributed by atoms with Gasteiger partial charge in [0.2, 0.25) is 11.8 Å². The maximum Gasteiger partial charge on any atom is 0.248 e. The van der Waals surface area contributed by atoms with Crippen LogP contribution in [0.1, 0.15) is 50.7 Å². The van der Waals surface area contributed by atoms with E-state index in [1.807, 2.05) is 0 Å². The molecule has 4 aromatic carbocycles. The molecule has 35 heavy (non-hydrogen) atoms. The zero-order chi connectivity index (χ0) is 24.4. The fourth-order valence-electron chi connectivity index (χ4n) is 4.57. The van der Waals surface area contributed by atoms with Gasteiger partial charge in [-0.25, -0.2) is 0 Å². The summed E-state index contributed by atoms with van der Waals surface area (Å²) < 4.78 is 6.05. The second-order valence-corrected chi connectivity index (χ2v) is 9.55. The third kappa shape index (κ3) is 4.67. The maximum absolute atomic E-state index is 6.05. The Balaban J connectivity index is 1.38. The van der Waals surface area contributed by atoms with Gasteiger partial charge in [-0.1, -0.05) is 100 Å². The van der Waals surface area contributed by atoms with Crippen LogP contribution in [0.3, 0.4) is 0 Å². The van der Waals surface area contributed by atoms with Crippen molar-refractivity contribution in [3.05, 3.63) is 108 Å². The van der Waals surface area contributed by atoms with Crippen molar-refractivity contribution in [2.45, 2.75) is 39.5 Å². The van der Waals surface area contributed by atoms with Gasteiger partial charge in [-0.15, -0.1) is 10.2 Å². The number of hydrogen-bond donors (Lipinski definition) is 0. The lowest BCUT2D eigenvalue weighted by molar-refractivity contribution is 0.584. The van der Waals surface area contributed by atoms with E-state index in [-0.39, 0.29) is 0 Å². The van der Waals surface area contributed by atoms with Crippen molar-refractivity contribution >= 4 is 0 Å². The maximum atomic E-state index is 6.05. The molecule has 0 unspecified atom stereocenters. The molecule has 0 aliphatic rings. The van der Waals surface area contributed by atoms with E-state index in [4.69, 9.17) is 4.42 Å². The van der Waals surface area contributed by atoms with Gasteiger partial charge in [-0.3, -0.25) is 0 Å². The van der Waals surface area contributed by atoms with Gasteiger partial charge in [0.15, 0.2) is 0 Å². The lowest BCUT2D eigenvalue weighted by Gasteiger charge is -2.13. The fourth-order valence-corrected chi connectivity index (χ4v) is 4.57. The lowest BCUT2D eigenvalue weighted by Crippen LogP contribution is -1.91. The van der Waals surface area contributed by atoms with E-state index in [1.165, 1.54) is 33.4 Å². The Morgan fingerprint density at radius 1 is 0.457 bits per heavy atom. The normalized spacial score (nSPS) is 11.4. The third-order valence-corrected chi connectivity index (χ3v) is 6.48. The second kappa shape index (κ2) is 9.71. The smallest absolute Gasteiger partial charge is 0.248 e. The molecule has 0 bridgehead atoms. The number of rotatable bonds is 6. The summed E-state index contributed by atoms with van der Waals surface area (Å²) in [6.07, 6.45) is 0.